The van der Waals surface area contributed by atoms with Gasteiger partial charge in [-0.2, -0.15) is 0 Å². The Bertz CT molecular complexity index is 482. The minimum atomic E-state index is -0.549. The molecule has 0 radical (unpaired) electrons. The van der Waals surface area contributed by atoms with E-state index in [2.05, 4.69) is 9.97 Å². The number of hydrogen-bond donors (Lipinski definition) is 1. The van der Waals surface area contributed by atoms with E-state index in [-0.39, 0.29) is 0 Å². The molecule has 2 aromatic heterocycles. The van der Waals surface area contributed by atoms with Gasteiger partial charge < -0.3 is 9.52 Å². The van der Waals surface area contributed by atoms with Crippen LogP contribution in [0.4, 0.5) is 0 Å². The van der Waals surface area contributed by atoms with Crippen LogP contribution in [-0.4, -0.2) is 15.1 Å². The lowest BCUT2D eigenvalue weighted by atomic mass is 10.2. The first-order chi connectivity index (χ1) is 7.66. The fourth-order valence-electron chi connectivity index (χ4n) is 1.27. The number of hydrogen-bond acceptors (Lipinski definition) is 5. The highest BCUT2D eigenvalue weighted by Gasteiger charge is 2.12. The lowest BCUT2D eigenvalue weighted by Gasteiger charge is -2.07. The summed E-state index contributed by atoms with van der Waals surface area (Å²) in [5.41, 5.74) is 1.61. The van der Waals surface area contributed by atoms with Gasteiger partial charge >= 0.3 is 0 Å². The summed E-state index contributed by atoms with van der Waals surface area (Å²) >= 11 is 1.31. The van der Waals surface area contributed by atoms with Crippen LogP contribution in [0.5, 0.6) is 0 Å². The third-order valence-corrected chi connectivity index (χ3v) is 2.93. The summed E-state index contributed by atoms with van der Waals surface area (Å²) < 4.78 is 5.23. The van der Waals surface area contributed by atoms with Crippen molar-refractivity contribution >= 4 is 11.8 Å². The second-order valence-electron chi connectivity index (χ2n) is 3.43. The van der Waals surface area contributed by atoms with Crippen LogP contribution >= 0.6 is 11.8 Å². The normalized spacial score (nSPS) is 12.7. The molecule has 0 spiro atoms. The highest BCUT2D eigenvalue weighted by Crippen LogP contribution is 2.30. The summed E-state index contributed by atoms with van der Waals surface area (Å²) in [5, 5.41) is 10.8. The lowest BCUT2D eigenvalue weighted by molar-refractivity contribution is 0.195. The van der Waals surface area contributed by atoms with Crippen LogP contribution in [0.15, 0.2) is 39.3 Å². The third kappa shape index (κ3) is 2.43. The predicted octanol–water partition coefficient (Wildman–Crippen LogP) is 2.58. The van der Waals surface area contributed by atoms with Gasteiger partial charge in [0.05, 0.1) is 11.8 Å². The Balaban J connectivity index is 2.27. The highest BCUT2D eigenvalue weighted by atomic mass is 32.2. The first kappa shape index (κ1) is 11.2. The maximum atomic E-state index is 9.58. The van der Waals surface area contributed by atoms with Crippen molar-refractivity contribution < 1.29 is 9.52 Å². The Kier molecular flexibility index (Phi) is 3.26. The number of nitrogens with zero attached hydrogens (tertiary/aromatic N) is 2. The van der Waals surface area contributed by atoms with Gasteiger partial charge in [-0.05, 0) is 31.7 Å². The molecule has 0 saturated heterocycles. The smallest absolute Gasteiger partial charge is 0.262 e. The first-order valence-corrected chi connectivity index (χ1v) is 5.71. The van der Waals surface area contributed by atoms with E-state index in [1.54, 1.807) is 25.5 Å². The molecule has 2 rings (SSSR count). The standard InChI is InChI=1S/C11H12N2O2S/c1-7-6-15-11(13-7)16-10-9(8(2)14)4-3-5-12-10/h3-6,8,14H,1-2H3. The highest BCUT2D eigenvalue weighted by molar-refractivity contribution is 7.99. The maximum absolute atomic E-state index is 9.58. The Morgan fingerprint density at radius 3 is 2.94 bits per heavy atom. The van der Waals surface area contributed by atoms with Gasteiger partial charge in [0.15, 0.2) is 0 Å². The molecule has 1 N–H and O–H groups in total. The molecule has 2 aromatic rings. The van der Waals surface area contributed by atoms with Crippen LogP contribution < -0.4 is 0 Å². The minimum absolute atomic E-state index is 0.540. The van der Waals surface area contributed by atoms with E-state index in [0.717, 1.165) is 16.3 Å². The molecule has 0 fully saturated rings. The van der Waals surface area contributed by atoms with Gasteiger partial charge in [0.25, 0.3) is 5.22 Å². The van der Waals surface area contributed by atoms with Crippen molar-refractivity contribution in [1.29, 1.82) is 0 Å². The molecular formula is C11H12N2O2S. The van der Waals surface area contributed by atoms with E-state index in [4.69, 9.17) is 4.42 Å². The van der Waals surface area contributed by atoms with Crippen molar-refractivity contribution in [1.82, 2.24) is 9.97 Å². The Labute approximate surface area is 97.7 Å². The van der Waals surface area contributed by atoms with Gasteiger partial charge in [-0.15, -0.1) is 0 Å². The molecule has 84 valence electrons. The first-order valence-electron chi connectivity index (χ1n) is 4.90. The molecule has 0 aliphatic carbocycles. The quantitative estimate of drug-likeness (QED) is 0.887. The van der Waals surface area contributed by atoms with Gasteiger partial charge in [0.2, 0.25) is 0 Å². The zero-order chi connectivity index (χ0) is 11.5. The van der Waals surface area contributed by atoms with Gasteiger partial charge in [-0.3, -0.25) is 0 Å². The van der Waals surface area contributed by atoms with E-state index >= 15 is 0 Å². The molecule has 0 aromatic carbocycles. The number of oxazole rings is 1. The summed E-state index contributed by atoms with van der Waals surface area (Å²) in [6.07, 6.45) is 2.73. The molecule has 2 heterocycles. The average molecular weight is 236 g/mol. The Hall–Kier alpha value is -1.33. The van der Waals surface area contributed by atoms with E-state index in [1.165, 1.54) is 11.8 Å². The molecule has 1 unspecified atom stereocenters. The molecule has 0 saturated carbocycles. The summed E-state index contributed by atoms with van der Waals surface area (Å²) in [6, 6.07) is 3.64. The molecule has 0 bridgehead atoms. The van der Waals surface area contributed by atoms with Gasteiger partial charge in [0.1, 0.15) is 11.3 Å². The molecule has 5 heteroatoms. The van der Waals surface area contributed by atoms with Crippen molar-refractivity contribution in [2.75, 3.05) is 0 Å². The van der Waals surface area contributed by atoms with E-state index in [9.17, 15) is 5.11 Å². The number of pyridine rings is 1. The number of aromatic nitrogens is 2. The van der Waals surface area contributed by atoms with Crippen LogP contribution in [0.1, 0.15) is 24.3 Å². The average Bonchev–Trinajstić information content (AvgIpc) is 2.64. The largest absolute Gasteiger partial charge is 0.439 e. The maximum Gasteiger partial charge on any atom is 0.262 e. The summed E-state index contributed by atoms with van der Waals surface area (Å²) in [7, 11) is 0. The third-order valence-electron chi connectivity index (χ3n) is 2.03. The summed E-state index contributed by atoms with van der Waals surface area (Å²) in [4.78, 5) is 8.39. The van der Waals surface area contributed by atoms with Gasteiger partial charge in [-0.25, -0.2) is 9.97 Å². The molecular weight excluding hydrogens is 224 g/mol. The topological polar surface area (TPSA) is 59.2 Å². The molecule has 1 atom stereocenters. The van der Waals surface area contributed by atoms with Crippen molar-refractivity contribution in [2.45, 2.75) is 30.2 Å². The van der Waals surface area contributed by atoms with Crippen LogP contribution in [0.25, 0.3) is 0 Å². The second kappa shape index (κ2) is 4.67. The molecule has 16 heavy (non-hydrogen) atoms. The van der Waals surface area contributed by atoms with Crippen LogP contribution in [0.3, 0.4) is 0 Å². The minimum Gasteiger partial charge on any atom is -0.439 e. The fraction of sp³-hybridized carbons (Fsp3) is 0.273. The van der Waals surface area contributed by atoms with Crippen LogP contribution in [0, 0.1) is 6.92 Å². The lowest BCUT2D eigenvalue weighted by Crippen LogP contribution is -1.95. The zero-order valence-corrected chi connectivity index (χ0v) is 9.86. The monoisotopic (exact) mass is 236 g/mol. The van der Waals surface area contributed by atoms with Crippen molar-refractivity contribution in [3.8, 4) is 0 Å². The number of aliphatic hydroxyl groups excluding tert-OH is 1. The summed E-state index contributed by atoms with van der Waals surface area (Å²) in [5.74, 6) is 0. The molecule has 0 aliphatic rings. The van der Waals surface area contributed by atoms with Gasteiger partial charge in [0, 0.05) is 11.8 Å². The van der Waals surface area contributed by atoms with Gasteiger partial charge in [-0.1, -0.05) is 6.07 Å². The number of aliphatic hydroxyl groups is 1. The molecule has 0 amide bonds. The van der Waals surface area contributed by atoms with E-state index < -0.39 is 6.10 Å². The van der Waals surface area contributed by atoms with Crippen molar-refractivity contribution in [3.63, 3.8) is 0 Å². The predicted molar refractivity (Wildman–Crippen MR) is 60.2 cm³/mol. The van der Waals surface area contributed by atoms with Crippen LogP contribution in [0.2, 0.25) is 0 Å². The molecule has 4 nitrogen and oxygen atoms in total. The van der Waals surface area contributed by atoms with Crippen molar-refractivity contribution in [3.05, 3.63) is 35.9 Å². The fourth-order valence-corrected chi connectivity index (χ4v) is 2.19. The Morgan fingerprint density at radius 2 is 2.31 bits per heavy atom. The van der Waals surface area contributed by atoms with Crippen molar-refractivity contribution in [2.24, 2.45) is 0 Å². The second-order valence-corrected chi connectivity index (χ2v) is 4.37. The zero-order valence-electron chi connectivity index (χ0n) is 9.04. The Morgan fingerprint density at radius 1 is 1.50 bits per heavy atom. The SMILES string of the molecule is Cc1coc(Sc2ncccc2C(C)O)n1. The van der Waals surface area contributed by atoms with E-state index in [0.29, 0.717) is 5.22 Å². The van der Waals surface area contributed by atoms with E-state index in [1.807, 2.05) is 13.0 Å². The number of rotatable bonds is 3. The molecule has 0 aliphatic heterocycles. The number of aryl methyl sites for hydroxylation is 1. The van der Waals surface area contributed by atoms with Crippen LogP contribution in [-0.2, 0) is 0 Å². The summed E-state index contributed by atoms with van der Waals surface area (Å²) in [6.45, 7) is 3.57.